The predicted molar refractivity (Wildman–Crippen MR) is 83.0 cm³/mol. The Labute approximate surface area is 132 Å². The average molecular weight is 314 g/mol. The lowest BCUT2D eigenvalue weighted by atomic mass is 10.1. The third-order valence-corrected chi connectivity index (χ3v) is 3.42. The Bertz CT molecular complexity index is 757. The molecule has 0 radical (unpaired) electrons. The first-order chi connectivity index (χ1) is 11.1. The van der Waals surface area contributed by atoms with Crippen LogP contribution in [0.2, 0.25) is 0 Å². The van der Waals surface area contributed by atoms with Crippen LogP contribution in [-0.4, -0.2) is 18.4 Å². The summed E-state index contributed by atoms with van der Waals surface area (Å²) in [5.41, 5.74) is 4.70. The Morgan fingerprint density at radius 1 is 1.17 bits per heavy atom. The maximum absolute atomic E-state index is 12.8. The Kier molecular flexibility index (Phi) is 4.23. The molecule has 0 saturated heterocycles. The van der Waals surface area contributed by atoms with E-state index in [-0.39, 0.29) is 24.9 Å². The van der Waals surface area contributed by atoms with Crippen LogP contribution in [0.5, 0.6) is 11.5 Å². The van der Waals surface area contributed by atoms with Crippen LogP contribution in [0.1, 0.15) is 18.1 Å². The van der Waals surface area contributed by atoms with E-state index in [1.54, 1.807) is 25.1 Å². The van der Waals surface area contributed by atoms with Crippen LogP contribution in [0.25, 0.3) is 0 Å². The zero-order chi connectivity index (χ0) is 16.2. The van der Waals surface area contributed by atoms with Gasteiger partial charge >= 0.3 is 0 Å². The van der Waals surface area contributed by atoms with Crippen LogP contribution in [0.3, 0.4) is 0 Å². The number of carbonyl (C=O) groups is 1. The Morgan fingerprint density at radius 3 is 2.70 bits per heavy atom. The van der Waals surface area contributed by atoms with Gasteiger partial charge in [0.1, 0.15) is 5.82 Å². The summed E-state index contributed by atoms with van der Waals surface area (Å²) >= 11 is 0. The second-order valence-corrected chi connectivity index (χ2v) is 5.10. The highest BCUT2D eigenvalue weighted by Gasteiger charge is 2.14. The minimum absolute atomic E-state index is 0.137. The van der Waals surface area contributed by atoms with E-state index in [4.69, 9.17) is 9.47 Å². The molecule has 1 N–H and O–H groups in total. The van der Waals surface area contributed by atoms with E-state index in [0.29, 0.717) is 17.2 Å². The summed E-state index contributed by atoms with van der Waals surface area (Å²) < 4.78 is 23.4. The molecule has 1 heterocycles. The number of nitrogens with one attached hydrogen (secondary N) is 1. The summed E-state index contributed by atoms with van der Waals surface area (Å²) in [6.45, 7) is 2.00. The number of hydrogen-bond donors (Lipinski definition) is 1. The van der Waals surface area contributed by atoms with Crippen molar-refractivity contribution in [1.82, 2.24) is 5.43 Å². The summed E-state index contributed by atoms with van der Waals surface area (Å²) in [5.74, 6) is 0.763. The van der Waals surface area contributed by atoms with Gasteiger partial charge in [-0.2, -0.15) is 5.10 Å². The topological polar surface area (TPSA) is 59.9 Å². The van der Waals surface area contributed by atoms with E-state index >= 15 is 0 Å². The summed E-state index contributed by atoms with van der Waals surface area (Å²) in [6, 6.07) is 11.3. The smallest absolute Gasteiger partial charge is 0.244 e. The fourth-order valence-electron chi connectivity index (χ4n) is 2.16. The number of fused-ring (bicyclic) bond motifs is 1. The van der Waals surface area contributed by atoms with Crippen LogP contribution in [-0.2, 0) is 11.2 Å². The summed E-state index contributed by atoms with van der Waals surface area (Å²) in [4.78, 5) is 11.9. The number of ether oxygens (including phenoxy) is 2. The lowest BCUT2D eigenvalue weighted by molar-refractivity contribution is -0.120. The molecule has 1 amide bonds. The van der Waals surface area contributed by atoms with Gasteiger partial charge in [-0.15, -0.1) is 0 Å². The first-order valence-corrected chi connectivity index (χ1v) is 7.09. The molecule has 0 aliphatic carbocycles. The molecule has 0 fully saturated rings. The molecule has 0 unspecified atom stereocenters. The maximum Gasteiger partial charge on any atom is 0.244 e. The monoisotopic (exact) mass is 314 g/mol. The van der Waals surface area contributed by atoms with E-state index in [1.165, 1.54) is 12.1 Å². The molecule has 2 aromatic rings. The summed E-state index contributed by atoms with van der Waals surface area (Å²) in [6.07, 6.45) is 0.137. The van der Waals surface area contributed by atoms with Crippen LogP contribution < -0.4 is 14.9 Å². The Balaban J connectivity index is 1.62. The highest BCUT2D eigenvalue weighted by Crippen LogP contribution is 2.32. The Morgan fingerprint density at radius 2 is 1.91 bits per heavy atom. The first kappa shape index (κ1) is 15.0. The van der Waals surface area contributed by atoms with Crippen molar-refractivity contribution < 1.29 is 18.7 Å². The molecule has 118 valence electrons. The van der Waals surface area contributed by atoms with Gasteiger partial charge in [-0.3, -0.25) is 4.79 Å². The molecule has 6 heteroatoms. The second-order valence-electron chi connectivity index (χ2n) is 5.10. The van der Waals surface area contributed by atoms with Gasteiger partial charge in [-0.05, 0) is 42.8 Å². The first-order valence-electron chi connectivity index (χ1n) is 7.09. The van der Waals surface area contributed by atoms with Crippen molar-refractivity contribution in [1.29, 1.82) is 0 Å². The predicted octanol–water partition coefficient (Wildman–Crippen LogP) is 2.64. The summed E-state index contributed by atoms with van der Waals surface area (Å²) in [5, 5.41) is 4.08. The van der Waals surface area contributed by atoms with Gasteiger partial charge in [-0.1, -0.05) is 12.1 Å². The quantitative estimate of drug-likeness (QED) is 0.697. The van der Waals surface area contributed by atoms with Gasteiger partial charge in [0, 0.05) is 5.56 Å². The van der Waals surface area contributed by atoms with Crippen molar-refractivity contribution >= 4 is 11.6 Å². The van der Waals surface area contributed by atoms with Crippen LogP contribution in [0.15, 0.2) is 47.6 Å². The summed E-state index contributed by atoms with van der Waals surface area (Å²) in [7, 11) is 0. The lowest BCUT2D eigenvalue weighted by Crippen LogP contribution is -2.21. The van der Waals surface area contributed by atoms with Crippen molar-refractivity contribution in [2.75, 3.05) is 6.79 Å². The van der Waals surface area contributed by atoms with Crippen molar-refractivity contribution in [3.8, 4) is 11.5 Å². The lowest BCUT2D eigenvalue weighted by Gasteiger charge is -2.04. The van der Waals surface area contributed by atoms with E-state index in [0.717, 1.165) is 11.1 Å². The average Bonchev–Trinajstić information content (AvgIpc) is 3.02. The molecule has 0 saturated carbocycles. The molecule has 5 nitrogen and oxygen atoms in total. The fraction of sp³-hybridized carbons (Fsp3) is 0.176. The zero-order valence-corrected chi connectivity index (χ0v) is 12.5. The third-order valence-electron chi connectivity index (χ3n) is 3.42. The van der Waals surface area contributed by atoms with Crippen LogP contribution >= 0.6 is 0 Å². The SMILES string of the molecule is C/C(=N\NC(=O)Cc1ccc(F)cc1)c1ccc2c(c1)OCO2. The molecule has 0 aromatic heterocycles. The molecular formula is C17H15FN2O3. The minimum atomic E-state index is -0.328. The fourth-order valence-corrected chi connectivity index (χ4v) is 2.16. The molecule has 1 aliphatic heterocycles. The van der Waals surface area contributed by atoms with Crippen molar-refractivity contribution in [2.24, 2.45) is 5.10 Å². The number of nitrogens with zero attached hydrogens (tertiary/aromatic N) is 1. The van der Waals surface area contributed by atoms with Gasteiger partial charge < -0.3 is 9.47 Å². The van der Waals surface area contributed by atoms with Gasteiger partial charge in [0.05, 0.1) is 12.1 Å². The highest BCUT2D eigenvalue weighted by atomic mass is 19.1. The molecule has 23 heavy (non-hydrogen) atoms. The molecule has 2 aromatic carbocycles. The van der Waals surface area contributed by atoms with E-state index < -0.39 is 0 Å². The normalized spacial score (nSPS) is 13.0. The van der Waals surface area contributed by atoms with Gasteiger partial charge in [0.15, 0.2) is 11.5 Å². The molecule has 0 atom stereocenters. The largest absolute Gasteiger partial charge is 0.454 e. The van der Waals surface area contributed by atoms with Gasteiger partial charge in [-0.25, -0.2) is 9.82 Å². The Hall–Kier alpha value is -2.89. The number of carbonyl (C=O) groups excluding carboxylic acids is 1. The van der Waals surface area contributed by atoms with E-state index in [9.17, 15) is 9.18 Å². The molecule has 3 rings (SSSR count). The van der Waals surface area contributed by atoms with Crippen LogP contribution in [0, 0.1) is 5.82 Å². The highest BCUT2D eigenvalue weighted by molar-refractivity contribution is 5.99. The van der Waals surface area contributed by atoms with E-state index in [1.807, 2.05) is 12.1 Å². The van der Waals surface area contributed by atoms with Gasteiger partial charge in [0.25, 0.3) is 0 Å². The van der Waals surface area contributed by atoms with E-state index in [2.05, 4.69) is 10.5 Å². The van der Waals surface area contributed by atoms with Crippen molar-refractivity contribution in [3.63, 3.8) is 0 Å². The van der Waals surface area contributed by atoms with Crippen molar-refractivity contribution in [2.45, 2.75) is 13.3 Å². The number of hydrogen-bond acceptors (Lipinski definition) is 4. The number of halogens is 1. The number of hydrazone groups is 1. The molecule has 0 spiro atoms. The zero-order valence-electron chi connectivity index (χ0n) is 12.5. The van der Waals surface area contributed by atoms with Crippen molar-refractivity contribution in [3.05, 3.63) is 59.4 Å². The standard InChI is InChI=1S/C17H15FN2O3/c1-11(13-4-7-15-16(9-13)23-10-22-15)19-20-17(21)8-12-2-5-14(18)6-3-12/h2-7,9H,8,10H2,1H3,(H,20,21)/b19-11+. The molecular weight excluding hydrogens is 299 g/mol. The minimum Gasteiger partial charge on any atom is -0.454 e. The maximum atomic E-state index is 12.8. The second kappa shape index (κ2) is 6.48. The number of benzene rings is 2. The van der Waals surface area contributed by atoms with Gasteiger partial charge in [0.2, 0.25) is 12.7 Å². The molecule has 0 bridgehead atoms. The van der Waals surface area contributed by atoms with Crippen LogP contribution in [0.4, 0.5) is 4.39 Å². The number of rotatable bonds is 4. The molecule has 1 aliphatic rings. The third kappa shape index (κ3) is 3.66. The number of amides is 1.